The summed E-state index contributed by atoms with van der Waals surface area (Å²) in [6.07, 6.45) is 1.74. The molecule has 0 aliphatic rings. The van der Waals surface area contributed by atoms with Crippen molar-refractivity contribution < 1.29 is 0 Å². The lowest BCUT2D eigenvalue weighted by molar-refractivity contribution is 0.334. The van der Waals surface area contributed by atoms with Crippen LogP contribution in [-0.4, -0.2) is 30.0 Å². The molecule has 1 aromatic rings. The van der Waals surface area contributed by atoms with Gasteiger partial charge in [-0.3, -0.25) is 4.90 Å². The molecule has 0 aliphatic carbocycles. The van der Waals surface area contributed by atoms with Crippen molar-refractivity contribution in [3.8, 4) is 12.1 Å². The molecule has 5 heteroatoms. The number of nitrogens with one attached hydrogen (secondary N) is 1. The molecule has 0 saturated heterocycles. The molecule has 0 bridgehead atoms. The number of hydrogen-bond donors (Lipinski definition) is 1. The SMILES string of the molecule is CNc1ccc(CN(CC#N)CC#N)cn1. The Hall–Kier alpha value is -2.11. The third kappa shape index (κ3) is 3.56. The number of nitrogens with zero attached hydrogens (tertiary/aromatic N) is 4. The Morgan fingerprint density at radius 2 is 2.00 bits per heavy atom. The number of nitriles is 2. The Balaban J connectivity index is 2.63. The van der Waals surface area contributed by atoms with Crippen molar-refractivity contribution in [1.29, 1.82) is 10.5 Å². The Labute approximate surface area is 94.9 Å². The minimum Gasteiger partial charge on any atom is -0.373 e. The Kier molecular flexibility index (Phi) is 4.78. The van der Waals surface area contributed by atoms with Crippen LogP contribution in [0.3, 0.4) is 0 Å². The molecule has 1 rings (SSSR count). The van der Waals surface area contributed by atoms with Crippen LogP contribution in [0.1, 0.15) is 5.56 Å². The summed E-state index contributed by atoms with van der Waals surface area (Å²) in [5.74, 6) is 0.802. The van der Waals surface area contributed by atoms with Gasteiger partial charge in [-0.2, -0.15) is 10.5 Å². The maximum absolute atomic E-state index is 8.60. The summed E-state index contributed by atoms with van der Waals surface area (Å²) in [5.41, 5.74) is 0.990. The molecule has 16 heavy (non-hydrogen) atoms. The third-order valence-electron chi connectivity index (χ3n) is 2.08. The molecule has 82 valence electrons. The zero-order valence-corrected chi connectivity index (χ0v) is 9.14. The standard InChI is InChI=1S/C11H13N5/c1-14-11-3-2-10(8-15-11)9-16(6-4-12)7-5-13/h2-3,8H,6-7,9H2,1H3,(H,14,15). The maximum atomic E-state index is 8.60. The maximum Gasteiger partial charge on any atom is 0.125 e. The van der Waals surface area contributed by atoms with Gasteiger partial charge < -0.3 is 5.32 Å². The summed E-state index contributed by atoms with van der Waals surface area (Å²) in [6.45, 7) is 1.07. The van der Waals surface area contributed by atoms with E-state index in [0.717, 1.165) is 11.4 Å². The summed E-state index contributed by atoms with van der Waals surface area (Å²) < 4.78 is 0. The summed E-state index contributed by atoms with van der Waals surface area (Å²) in [7, 11) is 1.81. The minimum atomic E-state index is 0.251. The van der Waals surface area contributed by atoms with Crippen molar-refractivity contribution in [2.45, 2.75) is 6.54 Å². The van der Waals surface area contributed by atoms with Crippen LogP contribution in [0.25, 0.3) is 0 Å². The molecule has 0 radical (unpaired) electrons. The largest absolute Gasteiger partial charge is 0.373 e. The van der Waals surface area contributed by atoms with Gasteiger partial charge >= 0.3 is 0 Å². The molecule has 1 heterocycles. The van der Waals surface area contributed by atoms with Crippen LogP contribution in [0, 0.1) is 22.7 Å². The Morgan fingerprint density at radius 3 is 2.44 bits per heavy atom. The van der Waals surface area contributed by atoms with E-state index in [1.54, 1.807) is 18.1 Å². The fraction of sp³-hybridized carbons (Fsp3) is 0.364. The fourth-order valence-electron chi connectivity index (χ4n) is 1.29. The average molecular weight is 215 g/mol. The van der Waals surface area contributed by atoms with Crippen molar-refractivity contribution in [1.82, 2.24) is 9.88 Å². The molecule has 0 unspecified atom stereocenters. The van der Waals surface area contributed by atoms with Crippen LogP contribution in [0.4, 0.5) is 5.82 Å². The van der Waals surface area contributed by atoms with Gasteiger partial charge in [0.05, 0.1) is 25.2 Å². The van der Waals surface area contributed by atoms with E-state index in [-0.39, 0.29) is 13.1 Å². The molecular weight excluding hydrogens is 202 g/mol. The van der Waals surface area contributed by atoms with E-state index in [2.05, 4.69) is 10.3 Å². The monoisotopic (exact) mass is 215 g/mol. The molecule has 0 saturated carbocycles. The third-order valence-corrected chi connectivity index (χ3v) is 2.08. The zero-order valence-electron chi connectivity index (χ0n) is 9.14. The lowest BCUT2D eigenvalue weighted by Crippen LogP contribution is -2.23. The van der Waals surface area contributed by atoms with Gasteiger partial charge in [-0.25, -0.2) is 4.98 Å². The van der Waals surface area contributed by atoms with E-state index >= 15 is 0 Å². The number of rotatable bonds is 5. The van der Waals surface area contributed by atoms with Crippen LogP contribution in [0.15, 0.2) is 18.3 Å². The summed E-state index contributed by atoms with van der Waals surface area (Å²) in [5, 5.41) is 20.1. The van der Waals surface area contributed by atoms with Gasteiger partial charge in [0.15, 0.2) is 0 Å². The first-order chi connectivity index (χ1) is 7.80. The topological polar surface area (TPSA) is 75.7 Å². The quantitative estimate of drug-likeness (QED) is 0.741. The predicted octanol–water partition coefficient (Wildman–Crippen LogP) is 0.972. The highest BCUT2D eigenvalue weighted by Gasteiger charge is 2.04. The summed E-state index contributed by atoms with van der Waals surface area (Å²) in [4.78, 5) is 5.93. The van der Waals surface area contributed by atoms with Crippen LogP contribution in [0.2, 0.25) is 0 Å². The fourth-order valence-corrected chi connectivity index (χ4v) is 1.29. The van der Waals surface area contributed by atoms with Gasteiger partial charge in [0.2, 0.25) is 0 Å². The van der Waals surface area contributed by atoms with E-state index in [1.165, 1.54) is 0 Å². The van der Waals surface area contributed by atoms with Gasteiger partial charge in [0, 0.05) is 19.8 Å². The van der Waals surface area contributed by atoms with Crippen molar-refractivity contribution in [2.75, 3.05) is 25.5 Å². The first-order valence-electron chi connectivity index (χ1n) is 4.89. The molecule has 5 nitrogen and oxygen atoms in total. The second-order valence-corrected chi connectivity index (χ2v) is 3.26. The highest BCUT2D eigenvalue weighted by molar-refractivity contribution is 5.34. The molecule has 0 fully saturated rings. The Bertz CT molecular complexity index is 382. The molecule has 0 amide bonds. The van der Waals surface area contributed by atoms with E-state index in [1.807, 2.05) is 24.3 Å². The number of pyridine rings is 1. The van der Waals surface area contributed by atoms with Crippen molar-refractivity contribution >= 4 is 5.82 Å². The number of aromatic nitrogens is 1. The van der Waals surface area contributed by atoms with E-state index in [9.17, 15) is 0 Å². The van der Waals surface area contributed by atoms with Crippen LogP contribution < -0.4 is 5.32 Å². The smallest absolute Gasteiger partial charge is 0.125 e. The van der Waals surface area contributed by atoms with Crippen molar-refractivity contribution in [2.24, 2.45) is 0 Å². The van der Waals surface area contributed by atoms with Crippen LogP contribution in [0.5, 0.6) is 0 Å². The van der Waals surface area contributed by atoms with E-state index in [4.69, 9.17) is 10.5 Å². The second-order valence-electron chi connectivity index (χ2n) is 3.26. The molecule has 0 aromatic carbocycles. The number of anilines is 1. The van der Waals surface area contributed by atoms with Gasteiger partial charge in [-0.05, 0) is 11.6 Å². The summed E-state index contributed by atoms with van der Waals surface area (Å²) >= 11 is 0. The molecule has 0 spiro atoms. The van der Waals surface area contributed by atoms with Gasteiger partial charge in [0.25, 0.3) is 0 Å². The zero-order chi connectivity index (χ0) is 11.8. The number of hydrogen-bond acceptors (Lipinski definition) is 5. The van der Waals surface area contributed by atoms with E-state index in [0.29, 0.717) is 6.54 Å². The van der Waals surface area contributed by atoms with E-state index < -0.39 is 0 Å². The van der Waals surface area contributed by atoms with Crippen LogP contribution in [-0.2, 0) is 6.54 Å². The molecular formula is C11H13N5. The average Bonchev–Trinajstić information content (AvgIpc) is 2.31. The Morgan fingerprint density at radius 1 is 1.31 bits per heavy atom. The van der Waals surface area contributed by atoms with Crippen molar-refractivity contribution in [3.05, 3.63) is 23.9 Å². The van der Waals surface area contributed by atoms with Crippen molar-refractivity contribution in [3.63, 3.8) is 0 Å². The highest BCUT2D eigenvalue weighted by Crippen LogP contribution is 2.06. The lowest BCUT2D eigenvalue weighted by atomic mass is 10.2. The normalized spacial score (nSPS) is 9.50. The first kappa shape index (κ1) is 12.0. The minimum absolute atomic E-state index is 0.251. The molecule has 1 N–H and O–H groups in total. The van der Waals surface area contributed by atoms with Gasteiger partial charge in [-0.1, -0.05) is 6.07 Å². The highest BCUT2D eigenvalue weighted by atomic mass is 15.1. The molecule has 0 atom stereocenters. The molecule has 0 aliphatic heterocycles. The molecule has 1 aromatic heterocycles. The second kappa shape index (κ2) is 6.39. The lowest BCUT2D eigenvalue weighted by Gasteiger charge is -2.14. The summed E-state index contributed by atoms with van der Waals surface area (Å²) in [6, 6.07) is 7.87. The van der Waals surface area contributed by atoms with Gasteiger partial charge in [0.1, 0.15) is 5.82 Å². The van der Waals surface area contributed by atoms with Gasteiger partial charge in [-0.15, -0.1) is 0 Å². The van der Waals surface area contributed by atoms with Crippen LogP contribution >= 0.6 is 0 Å². The predicted molar refractivity (Wildman–Crippen MR) is 60.3 cm³/mol. The first-order valence-corrected chi connectivity index (χ1v) is 4.89.